The maximum absolute atomic E-state index is 9.26. The molecule has 1 aromatic heterocycles. The average molecular weight is 272 g/mol. The number of hydrogen-bond acceptors (Lipinski definition) is 4. The van der Waals surface area contributed by atoms with Crippen LogP contribution in [-0.2, 0) is 13.2 Å². The number of hydrogen-bond donors (Lipinski definition) is 1. The highest BCUT2D eigenvalue weighted by molar-refractivity contribution is 5.43. The highest BCUT2D eigenvalue weighted by Gasteiger charge is 2.06. The fourth-order valence-corrected chi connectivity index (χ4v) is 2.09. The molecule has 1 heterocycles. The van der Waals surface area contributed by atoms with Gasteiger partial charge in [-0.05, 0) is 42.3 Å². The van der Waals surface area contributed by atoms with Crippen molar-refractivity contribution >= 4 is 5.82 Å². The average Bonchev–Trinajstić information content (AvgIpc) is 2.47. The molecule has 0 saturated carbocycles. The fourth-order valence-electron chi connectivity index (χ4n) is 2.09. The SMILES string of the molecule is COc1ccc(CN(C)c2cc(CO)cc(C)n2)cc1. The van der Waals surface area contributed by atoms with Gasteiger partial charge in [-0.1, -0.05) is 12.1 Å². The molecule has 2 rings (SSSR count). The topological polar surface area (TPSA) is 45.6 Å². The van der Waals surface area contributed by atoms with Crippen LogP contribution in [0.3, 0.4) is 0 Å². The van der Waals surface area contributed by atoms with E-state index in [9.17, 15) is 5.11 Å². The molecular weight excluding hydrogens is 252 g/mol. The predicted molar refractivity (Wildman–Crippen MR) is 80.0 cm³/mol. The van der Waals surface area contributed by atoms with E-state index in [0.29, 0.717) is 0 Å². The molecule has 20 heavy (non-hydrogen) atoms. The quantitative estimate of drug-likeness (QED) is 0.908. The van der Waals surface area contributed by atoms with Gasteiger partial charge in [-0.3, -0.25) is 0 Å². The van der Waals surface area contributed by atoms with E-state index < -0.39 is 0 Å². The number of aliphatic hydroxyl groups is 1. The molecule has 0 unspecified atom stereocenters. The van der Waals surface area contributed by atoms with Crippen molar-refractivity contribution in [2.24, 2.45) is 0 Å². The Morgan fingerprint density at radius 1 is 1.15 bits per heavy atom. The van der Waals surface area contributed by atoms with Crippen LogP contribution in [0.2, 0.25) is 0 Å². The molecule has 0 aliphatic heterocycles. The lowest BCUT2D eigenvalue weighted by atomic mass is 10.2. The summed E-state index contributed by atoms with van der Waals surface area (Å²) in [6.45, 7) is 2.72. The number of aromatic nitrogens is 1. The lowest BCUT2D eigenvalue weighted by molar-refractivity contribution is 0.281. The first-order chi connectivity index (χ1) is 9.62. The zero-order chi connectivity index (χ0) is 14.5. The van der Waals surface area contributed by atoms with Gasteiger partial charge in [0, 0.05) is 19.3 Å². The predicted octanol–water partition coefficient (Wildman–Crippen LogP) is 2.53. The molecule has 0 amide bonds. The van der Waals surface area contributed by atoms with Gasteiger partial charge in [-0.2, -0.15) is 0 Å². The number of rotatable bonds is 5. The van der Waals surface area contributed by atoms with Crippen LogP contribution in [0.5, 0.6) is 5.75 Å². The standard InChI is InChI=1S/C16H20N2O2/c1-12-8-14(11-19)9-16(17-12)18(2)10-13-4-6-15(20-3)7-5-13/h4-9,19H,10-11H2,1-3H3. The molecule has 0 spiro atoms. The number of benzene rings is 1. The van der Waals surface area contributed by atoms with E-state index in [1.54, 1.807) is 7.11 Å². The van der Waals surface area contributed by atoms with Crippen molar-refractivity contribution in [1.82, 2.24) is 4.98 Å². The van der Waals surface area contributed by atoms with Crippen LogP contribution >= 0.6 is 0 Å². The summed E-state index contributed by atoms with van der Waals surface area (Å²) < 4.78 is 5.15. The van der Waals surface area contributed by atoms with Crippen molar-refractivity contribution in [2.45, 2.75) is 20.1 Å². The molecule has 0 fully saturated rings. The van der Waals surface area contributed by atoms with Gasteiger partial charge in [0.05, 0.1) is 13.7 Å². The summed E-state index contributed by atoms with van der Waals surface area (Å²) in [4.78, 5) is 6.57. The second-order valence-electron chi connectivity index (χ2n) is 4.84. The number of methoxy groups -OCH3 is 1. The largest absolute Gasteiger partial charge is 0.497 e. The highest BCUT2D eigenvalue weighted by atomic mass is 16.5. The van der Waals surface area contributed by atoms with Gasteiger partial charge in [0.1, 0.15) is 11.6 Å². The van der Waals surface area contributed by atoms with Gasteiger partial charge in [-0.15, -0.1) is 0 Å². The third kappa shape index (κ3) is 3.48. The molecule has 2 aromatic rings. The van der Waals surface area contributed by atoms with E-state index in [2.05, 4.69) is 9.88 Å². The first kappa shape index (κ1) is 14.3. The number of anilines is 1. The maximum Gasteiger partial charge on any atom is 0.129 e. The first-order valence-electron chi connectivity index (χ1n) is 6.55. The first-order valence-corrected chi connectivity index (χ1v) is 6.55. The van der Waals surface area contributed by atoms with Gasteiger partial charge >= 0.3 is 0 Å². The van der Waals surface area contributed by atoms with Crippen molar-refractivity contribution in [3.05, 3.63) is 53.2 Å². The van der Waals surface area contributed by atoms with E-state index >= 15 is 0 Å². The van der Waals surface area contributed by atoms with Gasteiger partial charge in [0.2, 0.25) is 0 Å². The van der Waals surface area contributed by atoms with Crippen LogP contribution in [0, 0.1) is 6.92 Å². The van der Waals surface area contributed by atoms with Crippen LogP contribution in [0.4, 0.5) is 5.82 Å². The molecule has 0 bridgehead atoms. The Hall–Kier alpha value is -2.07. The Labute approximate surface area is 119 Å². The zero-order valence-electron chi connectivity index (χ0n) is 12.1. The second kappa shape index (κ2) is 6.39. The minimum Gasteiger partial charge on any atom is -0.497 e. The van der Waals surface area contributed by atoms with Gasteiger partial charge in [-0.25, -0.2) is 4.98 Å². The summed E-state index contributed by atoms with van der Waals surface area (Å²) in [5, 5.41) is 9.26. The van der Waals surface area contributed by atoms with Crippen LogP contribution < -0.4 is 9.64 Å². The molecule has 0 aliphatic carbocycles. The minimum atomic E-state index is 0.0345. The summed E-state index contributed by atoms with van der Waals surface area (Å²) >= 11 is 0. The lowest BCUT2D eigenvalue weighted by Gasteiger charge is -2.19. The zero-order valence-corrected chi connectivity index (χ0v) is 12.1. The van der Waals surface area contributed by atoms with Crippen molar-refractivity contribution in [2.75, 3.05) is 19.1 Å². The van der Waals surface area contributed by atoms with Crippen molar-refractivity contribution in [1.29, 1.82) is 0 Å². The van der Waals surface area contributed by atoms with Gasteiger partial charge in [0.15, 0.2) is 0 Å². The monoisotopic (exact) mass is 272 g/mol. The number of ether oxygens (including phenoxy) is 1. The molecule has 1 aromatic carbocycles. The number of aryl methyl sites for hydroxylation is 1. The Morgan fingerprint density at radius 3 is 2.45 bits per heavy atom. The molecule has 4 nitrogen and oxygen atoms in total. The molecule has 0 saturated heterocycles. The summed E-state index contributed by atoms with van der Waals surface area (Å²) in [5.74, 6) is 1.72. The Kier molecular flexibility index (Phi) is 4.58. The highest BCUT2D eigenvalue weighted by Crippen LogP contribution is 2.18. The smallest absolute Gasteiger partial charge is 0.129 e. The molecule has 4 heteroatoms. The van der Waals surface area contributed by atoms with Crippen molar-refractivity contribution < 1.29 is 9.84 Å². The van der Waals surface area contributed by atoms with Crippen LogP contribution in [0.1, 0.15) is 16.8 Å². The Morgan fingerprint density at radius 2 is 1.85 bits per heavy atom. The second-order valence-corrected chi connectivity index (χ2v) is 4.84. The van der Waals surface area contributed by atoms with Crippen LogP contribution in [0.25, 0.3) is 0 Å². The number of nitrogens with zero attached hydrogens (tertiary/aromatic N) is 2. The van der Waals surface area contributed by atoms with Gasteiger partial charge in [0.25, 0.3) is 0 Å². The third-order valence-electron chi connectivity index (χ3n) is 3.15. The van der Waals surface area contributed by atoms with Gasteiger partial charge < -0.3 is 14.7 Å². The third-order valence-corrected chi connectivity index (χ3v) is 3.15. The molecule has 106 valence electrons. The van der Waals surface area contributed by atoms with E-state index in [1.807, 2.05) is 50.4 Å². The number of pyridine rings is 1. The van der Waals surface area contributed by atoms with E-state index in [0.717, 1.165) is 29.4 Å². The summed E-state index contributed by atoms with van der Waals surface area (Å²) in [6.07, 6.45) is 0. The molecular formula is C16H20N2O2. The fraction of sp³-hybridized carbons (Fsp3) is 0.312. The summed E-state index contributed by atoms with van der Waals surface area (Å²) in [7, 11) is 3.65. The Bertz CT molecular complexity index is 567. The van der Waals surface area contributed by atoms with E-state index in [-0.39, 0.29) is 6.61 Å². The van der Waals surface area contributed by atoms with Crippen LogP contribution in [0.15, 0.2) is 36.4 Å². The normalized spacial score (nSPS) is 10.4. The summed E-state index contributed by atoms with van der Waals surface area (Å²) in [6, 6.07) is 11.8. The maximum atomic E-state index is 9.26. The number of aliphatic hydroxyl groups excluding tert-OH is 1. The van der Waals surface area contributed by atoms with Crippen molar-refractivity contribution in [3.63, 3.8) is 0 Å². The molecule has 1 N–H and O–H groups in total. The van der Waals surface area contributed by atoms with E-state index in [4.69, 9.17) is 4.74 Å². The Balaban J connectivity index is 2.14. The molecule has 0 aliphatic rings. The van der Waals surface area contributed by atoms with E-state index in [1.165, 1.54) is 5.56 Å². The summed E-state index contributed by atoms with van der Waals surface area (Å²) in [5.41, 5.74) is 2.98. The molecule has 0 atom stereocenters. The minimum absolute atomic E-state index is 0.0345. The molecule has 0 radical (unpaired) electrons. The van der Waals surface area contributed by atoms with Crippen molar-refractivity contribution in [3.8, 4) is 5.75 Å². The van der Waals surface area contributed by atoms with Crippen LogP contribution in [-0.4, -0.2) is 24.2 Å². The lowest BCUT2D eigenvalue weighted by Crippen LogP contribution is -2.18.